The Kier molecular flexibility index (Phi) is 11.9. The van der Waals surface area contributed by atoms with Crippen LogP contribution in [-0.4, -0.2) is 69.5 Å². The van der Waals surface area contributed by atoms with Crippen molar-refractivity contribution in [1.82, 2.24) is 24.3 Å². The van der Waals surface area contributed by atoms with Crippen molar-refractivity contribution in [1.29, 1.82) is 0 Å². The first-order chi connectivity index (χ1) is 27.3. The number of pyridine rings is 1. The van der Waals surface area contributed by atoms with Gasteiger partial charge in [-0.05, 0) is 106 Å². The summed E-state index contributed by atoms with van der Waals surface area (Å²) in [5, 5.41) is 5.73. The Morgan fingerprint density at radius 2 is 1.82 bits per heavy atom. The van der Waals surface area contributed by atoms with E-state index in [-0.39, 0.29) is 23.9 Å². The third kappa shape index (κ3) is 8.38. The van der Waals surface area contributed by atoms with Gasteiger partial charge in [-0.15, -0.1) is 0 Å². The van der Waals surface area contributed by atoms with Gasteiger partial charge in [-0.3, -0.25) is 14.0 Å². The summed E-state index contributed by atoms with van der Waals surface area (Å²) in [7, 11) is 1.65. The first kappa shape index (κ1) is 38.5. The number of methoxy groups -OCH3 is 1. The molecule has 1 amide bonds. The molecular weight excluding hydrogens is 741 g/mol. The summed E-state index contributed by atoms with van der Waals surface area (Å²) in [6.45, 7) is 4.53. The van der Waals surface area contributed by atoms with Crippen molar-refractivity contribution >= 4 is 42.1 Å². The van der Waals surface area contributed by atoms with E-state index >= 15 is 0 Å². The number of imidazole rings is 1. The summed E-state index contributed by atoms with van der Waals surface area (Å²) in [4.78, 5) is 41.7. The normalized spacial score (nSPS) is 16.2. The fourth-order valence-corrected chi connectivity index (χ4v) is 7.36. The standard InChI is InChI=1S/C41H41F2N7O5S/c1-3-54-33-13-11-27(23-28(33)40(52)48-38-29(42)7-6-8-30(38)43)37-39(50-19-5-4-9-35(50)47-37)32-14-18-44-41(46-32)45-31-12-10-26(24-34(31)53-2)25-15-20-49(21-16-25)22-17-36(51)55-56/h4-9,11-14,18-19,23-26,56H,3,10,15-17,20-22H2,1-2H3,(H,48,52)(H,44,45,46). The van der Waals surface area contributed by atoms with Gasteiger partial charge in [-0.2, -0.15) is 0 Å². The molecule has 56 heavy (non-hydrogen) atoms. The number of benzene rings is 2. The van der Waals surface area contributed by atoms with Gasteiger partial charge in [0, 0.05) is 37.4 Å². The Morgan fingerprint density at radius 1 is 1.02 bits per heavy atom. The van der Waals surface area contributed by atoms with Crippen LogP contribution in [0.15, 0.2) is 96.7 Å². The average molecular weight is 782 g/mol. The molecule has 3 aromatic heterocycles. The minimum Gasteiger partial charge on any atom is -0.495 e. The Bertz CT molecular complexity index is 2290. The number of likely N-dealkylation sites (tertiary alicyclic amines) is 1. The third-order valence-electron chi connectivity index (χ3n) is 10.1. The number of nitrogens with zero attached hydrogens (tertiary/aromatic N) is 5. The number of anilines is 2. The van der Waals surface area contributed by atoms with Gasteiger partial charge in [0.05, 0.1) is 48.5 Å². The Hall–Kier alpha value is -5.80. The van der Waals surface area contributed by atoms with Gasteiger partial charge in [0.1, 0.15) is 34.5 Å². The smallest absolute Gasteiger partial charge is 0.318 e. The van der Waals surface area contributed by atoms with Crippen LogP contribution in [0.2, 0.25) is 0 Å². The van der Waals surface area contributed by atoms with Gasteiger partial charge in [-0.1, -0.05) is 18.2 Å². The number of carbonyl (C=O) groups is 2. The highest BCUT2D eigenvalue weighted by atomic mass is 32.1. The zero-order valence-electron chi connectivity index (χ0n) is 30.9. The first-order valence-electron chi connectivity index (χ1n) is 18.4. The van der Waals surface area contributed by atoms with Gasteiger partial charge in [0.25, 0.3) is 5.91 Å². The maximum Gasteiger partial charge on any atom is 0.318 e. The van der Waals surface area contributed by atoms with Gasteiger partial charge < -0.3 is 29.2 Å². The summed E-state index contributed by atoms with van der Waals surface area (Å²) >= 11 is 3.60. The number of halogens is 2. The second kappa shape index (κ2) is 17.3. The SMILES string of the molecule is CCOc1ccc(-c2nc3ccccn3c2-c2ccnc(NC3=CCC(C4CCN(CCC(=O)OS)CC4)C=C3OC)n2)cc1C(=O)Nc1c(F)cccc1F. The molecule has 4 heterocycles. The van der Waals surface area contributed by atoms with Crippen molar-refractivity contribution in [3.05, 3.63) is 114 Å². The molecule has 1 saturated heterocycles. The van der Waals surface area contributed by atoms with E-state index in [1.807, 2.05) is 28.8 Å². The number of allylic oxidation sites excluding steroid dienone is 2. The summed E-state index contributed by atoms with van der Waals surface area (Å²) in [5.74, 6) is -0.782. The van der Waals surface area contributed by atoms with Crippen LogP contribution in [0.1, 0.15) is 43.0 Å². The van der Waals surface area contributed by atoms with E-state index in [0.717, 1.165) is 50.2 Å². The van der Waals surface area contributed by atoms with Crippen molar-refractivity contribution in [2.24, 2.45) is 11.8 Å². The molecule has 0 spiro atoms. The average Bonchev–Trinajstić information content (AvgIpc) is 3.62. The Balaban J connectivity index is 1.14. The highest BCUT2D eigenvalue weighted by Crippen LogP contribution is 2.37. The fourth-order valence-electron chi connectivity index (χ4n) is 7.27. The number of ether oxygens (including phenoxy) is 2. The van der Waals surface area contributed by atoms with Crippen LogP contribution in [-0.2, 0) is 13.7 Å². The number of fused-ring (bicyclic) bond motifs is 1. The Morgan fingerprint density at radius 3 is 2.57 bits per heavy atom. The van der Waals surface area contributed by atoms with Crippen molar-refractivity contribution < 1.29 is 32.0 Å². The number of rotatable bonds is 13. The van der Waals surface area contributed by atoms with Crippen LogP contribution in [0, 0.1) is 23.5 Å². The molecule has 12 nitrogen and oxygen atoms in total. The maximum atomic E-state index is 14.5. The number of aromatic nitrogens is 4. The molecule has 2 aromatic carbocycles. The van der Waals surface area contributed by atoms with Crippen molar-refractivity contribution in [2.75, 3.05) is 44.0 Å². The number of amides is 1. The number of hydrogen-bond acceptors (Lipinski definition) is 11. The van der Waals surface area contributed by atoms with Gasteiger partial charge >= 0.3 is 5.97 Å². The monoisotopic (exact) mass is 781 g/mol. The molecule has 15 heteroatoms. The molecule has 290 valence electrons. The van der Waals surface area contributed by atoms with E-state index in [1.165, 1.54) is 6.07 Å². The second-order valence-corrected chi connectivity index (χ2v) is 13.7. The number of piperidine rings is 1. The first-order valence-corrected chi connectivity index (χ1v) is 18.8. The lowest BCUT2D eigenvalue weighted by Gasteiger charge is -2.36. The molecule has 1 unspecified atom stereocenters. The third-order valence-corrected chi connectivity index (χ3v) is 10.3. The summed E-state index contributed by atoms with van der Waals surface area (Å²) in [6, 6.07) is 15.8. The minimum absolute atomic E-state index is 0.0721. The summed E-state index contributed by atoms with van der Waals surface area (Å²) in [5.41, 5.74) is 3.17. The van der Waals surface area contributed by atoms with E-state index in [2.05, 4.69) is 49.8 Å². The molecular formula is C41H41F2N7O5S. The lowest BCUT2D eigenvalue weighted by molar-refractivity contribution is -0.133. The predicted octanol–water partition coefficient (Wildman–Crippen LogP) is 7.72. The van der Waals surface area contributed by atoms with E-state index in [4.69, 9.17) is 19.4 Å². The largest absolute Gasteiger partial charge is 0.495 e. The van der Waals surface area contributed by atoms with Gasteiger partial charge in [0.2, 0.25) is 5.95 Å². The zero-order valence-corrected chi connectivity index (χ0v) is 31.8. The molecule has 0 bridgehead atoms. The van der Waals surface area contributed by atoms with E-state index < -0.39 is 23.2 Å². The molecule has 1 aliphatic carbocycles. The summed E-state index contributed by atoms with van der Waals surface area (Å²) < 4.78 is 47.0. The van der Waals surface area contributed by atoms with Crippen molar-refractivity contribution in [3.63, 3.8) is 0 Å². The highest BCUT2D eigenvalue weighted by molar-refractivity contribution is 7.75. The molecule has 7 rings (SSSR count). The molecule has 0 saturated carbocycles. The van der Waals surface area contributed by atoms with E-state index in [1.54, 1.807) is 44.5 Å². The van der Waals surface area contributed by atoms with Crippen LogP contribution in [0.3, 0.4) is 0 Å². The molecule has 2 N–H and O–H groups in total. The van der Waals surface area contributed by atoms with Crippen LogP contribution in [0.25, 0.3) is 28.3 Å². The van der Waals surface area contributed by atoms with Crippen LogP contribution in [0.4, 0.5) is 20.4 Å². The van der Waals surface area contributed by atoms with Crippen molar-refractivity contribution in [3.8, 4) is 28.4 Å². The topological polar surface area (TPSA) is 132 Å². The van der Waals surface area contributed by atoms with E-state index in [9.17, 15) is 18.4 Å². The molecule has 1 atom stereocenters. The number of thiol groups is 1. The molecule has 1 aliphatic heterocycles. The molecule has 1 fully saturated rings. The predicted molar refractivity (Wildman–Crippen MR) is 211 cm³/mol. The fraction of sp³-hybridized carbons (Fsp3) is 0.293. The number of carbonyl (C=O) groups excluding carboxylic acids is 2. The van der Waals surface area contributed by atoms with Crippen molar-refractivity contribution in [2.45, 2.75) is 32.6 Å². The van der Waals surface area contributed by atoms with E-state index in [0.29, 0.717) is 64.8 Å². The van der Waals surface area contributed by atoms with Crippen LogP contribution < -0.4 is 15.4 Å². The number of hydrogen-bond donors (Lipinski definition) is 3. The minimum atomic E-state index is -0.899. The molecule has 2 aliphatic rings. The highest BCUT2D eigenvalue weighted by Gasteiger charge is 2.29. The molecule has 0 radical (unpaired) electrons. The maximum absolute atomic E-state index is 14.5. The zero-order chi connectivity index (χ0) is 39.2. The Labute approximate surface area is 328 Å². The second-order valence-electron chi connectivity index (χ2n) is 13.5. The van der Waals surface area contributed by atoms with Gasteiger partial charge in [-0.25, -0.2) is 23.7 Å². The lowest BCUT2D eigenvalue weighted by Crippen LogP contribution is -2.37. The van der Waals surface area contributed by atoms with Crippen LogP contribution in [0.5, 0.6) is 5.75 Å². The lowest BCUT2D eigenvalue weighted by atomic mass is 9.80. The van der Waals surface area contributed by atoms with Crippen LogP contribution >= 0.6 is 12.9 Å². The van der Waals surface area contributed by atoms with Gasteiger partial charge in [0.15, 0.2) is 0 Å². The molecule has 5 aromatic rings. The quantitative estimate of drug-likeness (QED) is 0.0806. The number of nitrogens with one attached hydrogen (secondary N) is 2. The number of para-hydroxylation sites is 1. The summed E-state index contributed by atoms with van der Waals surface area (Å²) in [6.07, 6.45) is 11.0.